The van der Waals surface area contributed by atoms with Crippen molar-refractivity contribution in [2.24, 2.45) is 11.7 Å². The average molecular weight is 312 g/mol. The highest BCUT2D eigenvalue weighted by atomic mass is 16.5. The highest BCUT2D eigenvalue weighted by Gasteiger charge is 2.30. The largest absolute Gasteiger partial charge is 0.467 e. The SMILES string of the molecule is COC(=O)C(O)[C@H](CC(C)C)NC(=O)[C@@H](N)Cc1cnc[nH]1. The van der Waals surface area contributed by atoms with Gasteiger partial charge in [0.05, 0.1) is 25.5 Å². The Hall–Kier alpha value is -1.93. The lowest BCUT2D eigenvalue weighted by Gasteiger charge is -2.25. The fourth-order valence-corrected chi connectivity index (χ4v) is 2.08. The fraction of sp³-hybridized carbons (Fsp3) is 0.643. The lowest BCUT2D eigenvalue weighted by molar-refractivity contribution is -0.152. The zero-order valence-electron chi connectivity index (χ0n) is 13.1. The maximum Gasteiger partial charge on any atom is 0.336 e. The minimum absolute atomic E-state index is 0.174. The molecule has 124 valence electrons. The molecule has 1 rings (SSSR count). The number of aromatic nitrogens is 2. The van der Waals surface area contributed by atoms with E-state index in [2.05, 4.69) is 20.0 Å². The predicted molar refractivity (Wildman–Crippen MR) is 79.7 cm³/mol. The third kappa shape index (κ3) is 5.45. The molecule has 1 heterocycles. The molecule has 0 saturated carbocycles. The summed E-state index contributed by atoms with van der Waals surface area (Å²) in [5, 5.41) is 12.6. The first kappa shape index (κ1) is 18.1. The lowest BCUT2D eigenvalue weighted by Crippen LogP contribution is -2.53. The van der Waals surface area contributed by atoms with E-state index in [1.165, 1.54) is 13.4 Å². The molecule has 0 aromatic carbocycles. The number of methoxy groups -OCH3 is 1. The summed E-state index contributed by atoms with van der Waals surface area (Å²) in [6, 6.07) is -1.55. The van der Waals surface area contributed by atoms with E-state index in [4.69, 9.17) is 5.73 Å². The summed E-state index contributed by atoms with van der Waals surface area (Å²) < 4.78 is 4.52. The van der Waals surface area contributed by atoms with Crippen molar-refractivity contribution < 1.29 is 19.4 Å². The number of nitrogens with zero attached hydrogens (tertiary/aromatic N) is 1. The first-order valence-electron chi connectivity index (χ1n) is 7.14. The summed E-state index contributed by atoms with van der Waals surface area (Å²) in [5.41, 5.74) is 6.57. The van der Waals surface area contributed by atoms with Crippen LogP contribution in [-0.2, 0) is 20.7 Å². The predicted octanol–water partition coefficient (Wildman–Crippen LogP) is -0.656. The lowest BCUT2D eigenvalue weighted by atomic mass is 9.98. The van der Waals surface area contributed by atoms with Crippen LogP contribution in [0.15, 0.2) is 12.5 Å². The Kier molecular flexibility index (Phi) is 7.00. The normalized spacial score (nSPS) is 15.2. The van der Waals surface area contributed by atoms with Gasteiger partial charge in [-0.3, -0.25) is 4.79 Å². The number of ether oxygens (including phenoxy) is 1. The Morgan fingerprint density at radius 1 is 1.50 bits per heavy atom. The monoisotopic (exact) mass is 312 g/mol. The summed E-state index contributed by atoms with van der Waals surface area (Å²) in [6.45, 7) is 3.85. The van der Waals surface area contributed by atoms with Crippen LogP contribution in [0.2, 0.25) is 0 Å². The van der Waals surface area contributed by atoms with Gasteiger partial charge in [0.2, 0.25) is 5.91 Å². The Morgan fingerprint density at radius 2 is 2.18 bits per heavy atom. The van der Waals surface area contributed by atoms with Crippen LogP contribution in [0.4, 0.5) is 0 Å². The topological polar surface area (TPSA) is 130 Å². The van der Waals surface area contributed by atoms with E-state index < -0.39 is 30.1 Å². The molecule has 3 atom stereocenters. The summed E-state index contributed by atoms with van der Waals surface area (Å²) in [7, 11) is 1.18. The summed E-state index contributed by atoms with van der Waals surface area (Å²) in [5.74, 6) is -1.05. The second-order valence-electron chi connectivity index (χ2n) is 5.60. The molecule has 1 unspecified atom stereocenters. The van der Waals surface area contributed by atoms with Gasteiger partial charge in [-0.05, 0) is 12.3 Å². The van der Waals surface area contributed by atoms with Gasteiger partial charge in [0, 0.05) is 18.3 Å². The molecule has 1 aromatic rings. The summed E-state index contributed by atoms with van der Waals surface area (Å²) in [4.78, 5) is 30.3. The van der Waals surface area contributed by atoms with Gasteiger partial charge in [0.1, 0.15) is 0 Å². The number of esters is 1. The molecule has 8 nitrogen and oxygen atoms in total. The molecular formula is C14H24N4O4. The van der Waals surface area contributed by atoms with E-state index in [1.54, 1.807) is 6.20 Å². The van der Waals surface area contributed by atoms with Crippen LogP contribution < -0.4 is 11.1 Å². The van der Waals surface area contributed by atoms with E-state index in [0.29, 0.717) is 6.42 Å². The molecule has 0 radical (unpaired) electrons. The number of rotatable bonds is 8. The second-order valence-corrected chi connectivity index (χ2v) is 5.60. The van der Waals surface area contributed by atoms with E-state index in [1.807, 2.05) is 13.8 Å². The molecule has 0 aliphatic heterocycles. The van der Waals surface area contributed by atoms with E-state index in [-0.39, 0.29) is 12.3 Å². The van der Waals surface area contributed by atoms with Gasteiger partial charge in [-0.2, -0.15) is 0 Å². The number of H-pyrrole nitrogens is 1. The third-order valence-corrected chi connectivity index (χ3v) is 3.21. The molecule has 0 aliphatic carbocycles. The molecule has 0 spiro atoms. The maximum absolute atomic E-state index is 12.1. The number of amides is 1. The standard InChI is InChI=1S/C14H24N4O4/c1-8(2)4-11(12(19)14(21)22-3)18-13(20)10(15)5-9-6-16-7-17-9/h6-8,10-12,19H,4-5,15H2,1-3H3,(H,16,17)(H,18,20)/t10-,11-,12?/m0/s1. The fourth-order valence-electron chi connectivity index (χ4n) is 2.08. The number of aliphatic hydroxyl groups excluding tert-OH is 1. The van der Waals surface area contributed by atoms with Gasteiger partial charge in [0.25, 0.3) is 0 Å². The van der Waals surface area contributed by atoms with E-state index in [9.17, 15) is 14.7 Å². The molecule has 5 N–H and O–H groups in total. The molecule has 0 saturated heterocycles. The van der Waals surface area contributed by atoms with E-state index >= 15 is 0 Å². The maximum atomic E-state index is 12.1. The molecule has 22 heavy (non-hydrogen) atoms. The Morgan fingerprint density at radius 3 is 2.68 bits per heavy atom. The van der Waals surface area contributed by atoms with Crippen LogP contribution in [0.5, 0.6) is 0 Å². The van der Waals surface area contributed by atoms with Crippen molar-refractivity contribution >= 4 is 11.9 Å². The summed E-state index contributed by atoms with van der Waals surface area (Å²) >= 11 is 0. The van der Waals surface area contributed by atoms with E-state index in [0.717, 1.165) is 5.69 Å². The van der Waals surface area contributed by atoms with Gasteiger partial charge in [-0.1, -0.05) is 13.8 Å². The second kappa shape index (κ2) is 8.50. The minimum atomic E-state index is -1.42. The van der Waals surface area contributed by atoms with Crippen molar-refractivity contribution in [2.75, 3.05) is 7.11 Å². The minimum Gasteiger partial charge on any atom is -0.467 e. The zero-order chi connectivity index (χ0) is 16.7. The van der Waals surface area contributed by atoms with Gasteiger partial charge in [0.15, 0.2) is 6.10 Å². The van der Waals surface area contributed by atoms with Crippen LogP contribution in [0.1, 0.15) is 26.0 Å². The summed E-state index contributed by atoms with van der Waals surface area (Å²) in [6.07, 6.45) is 2.38. The van der Waals surface area contributed by atoms with Gasteiger partial charge >= 0.3 is 5.97 Å². The van der Waals surface area contributed by atoms with Crippen LogP contribution in [0.3, 0.4) is 0 Å². The van der Waals surface area contributed by atoms with Crippen LogP contribution in [0.25, 0.3) is 0 Å². The first-order chi connectivity index (χ1) is 10.3. The van der Waals surface area contributed by atoms with Crippen LogP contribution in [0, 0.1) is 5.92 Å². The Bertz CT molecular complexity index is 475. The van der Waals surface area contributed by atoms with Crippen molar-refractivity contribution in [2.45, 2.75) is 44.9 Å². The van der Waals surface area contributed by atoms with Gasteiger partial charge in [-0.15, -0.1) is 0 Å². The first-order valence-corrected chi connectivity index (χ1v) is 7.14. The third-order valence-electron chi connectivity index (χ3n) is 3.21. The van der Waals surface area contributed by atoms with Gasteiger partial charge < -0.3 is 25.9 Å². The van der Waals surface area contributed by atoms with Crippen molar-refractivity contribution in [3.8, 4) is 0 Å². The van der Waals surface area contributed by atoms with Crippen molar-refractivity contribution in [3.63, 3.8) is 0 Å². The molecule has 0 fully saturated rings. The van der Waals surface area contributed by atoms with Gasteiger partial charge in [-0.25, -0.2) is 9.78 Å². The van der Waals surface area contributed by atoms with Crippen molar-refractivity contribution in [1.82, 2.24) is 15.3 Å². The molecule has 1 aromatic heterocycles. The van der Waals surface area contributed by atoms with Crippen molar-refractivity contribution in [3.05, 3.63) is 18.2 Å². The number of carbonyl (C=O) groups excluding carboxylic acids is 2. The number of nitrogens with two attached hydrogens (primary N) is 1. The highest BCUT2D eigenvalue weighted by molar-refractivity contribution is 5.83. The number of nitrogens with one attached hydrogen (secondary N) is 2. The molecule has 1 amide bonds. The van der Waals surface area contributed by atoms with Crippen LogP contribution in [-0.4, -0.2) is 52.2 Å². The number of aromatic amines is 1. The number of imidazole rings is 1. The quantitative estimate of drug-likeness (QED) is 0.472. The molecular weight excluding hydrogens is 288 g/mol. The Labute approximate surface area is 129 Å². The molecule has 0 aliphatic rings. The highest BCUT2D eigenvalue weighted by Crippen LogP contribution is 2.10. The Balaban J connectivity index is 2.66. The molecule has 8 heteroatoms. The number of carbonyl (C=O) groups is 2. The molecule has 0 bridgehead atoms. The smallest absolute Gasteiger partial charge is 0.336 e. The average Bonchev–Trinajstić information content (AvgIpc) is 2.97. The number of aliphatic hydroxyl groups is 1. The number of hydrogen-bond acceptors (Lipinski definition) is 6. The number of hydrogen-bond donors (Lipinski definition) is 4. The van der Waals surface area contributed by atoms with Crippen molar-refractivity contribution in [1.29, 1.82) is 0 Å². The zero-order valence-corrected chi connectivity index (χ0v) is 13.1. The van der Waals surface area contributed by atoms with Crippen LogP contribution >= 0.6 is 0 Å².